The number of hydrogen-bond donors (Lipinski definition) is 0. The van der Waals surface area contributed by atoms with Gasteiger partial charge in [0.1, 0.15) is 10.1 Å². The molecule has 0 radical (unpaired) electrons. The van der Waals surface area contributed by atoms with Crippen molar-refractivity contribution in [2.45, 2.75) is 49.9 Å². The molecule has 0 N–H and O–H groups in total. The highest BCUT2D eigenvalue weighted by atomic mass is 35.5. The Balaban J connectivity index is 0.00000320. The number of halogens is 2. The fraction of sp³-hybridized carbons (Fsp3) is 0.458. The number of hydrogen-bond acceptors (Lipinski definition) is 3. The molecule has 2 aromatic carbocycles. The summed E-state index contributed by atoms with van der Waals surface area (Å²) < 4.78 is 14.0. The van der Waals surface area contributed by atoms with Crippen molar-refractivity contribution in [3.63, 3.8) is 0 Å². The third-order valence-corrected chi connectivity index (χ3v) is 7.41. The zero-order valence-corrected chi connectivity index (χ0v) is 20.5. The van der Waals surface area contributed by atoms with Gasteiger partial charge in [-0.1, -0.05) is 60.4 Å². The van der Waals surface area contributed by atoms with Gasteiger partial charge >= 0.3 is 0 Å². The molecule has 164 valence electrons. The van der Waals surface area contributed by atoms with Crippen molar-refractivity contribution < 1.29 is 4.39 Å². The average molecular weight is 467 g/mol. The average Bonchev–Trinajstić information content (AvgIpc) is 2.73. The molecule has 1 aliphatic carbocycles. The number of rotatable bonds is 6. The molecule has 2 aromatic rings. The summed E-state index contributed by atoms with van der Waals surface area (Å²) in [5.41, 5.74) is 3.95. The molecule has 3 rings (SSSR count). The fourth-order valence-corrected chi connectivity index (χ4v) is 5.19. The van der Waals surface area contributed by atoms with Gasteiger partial charge in [-0.05, 0) is 74.5 Å². The van der Waals surface area contributed by atoms with Crippen molar-refractivity contribution >= 4 is 40.7 Å². The van der Waals surface area contributed by atoms with Crippen LogP contribution in [0.3, 0.4) is 0 Å². The Hall–Kier alpha value is -1.14. The van der Waals surface area contributed by atoms with Gasteiger partial charge < -0.3 is 9.80 Å². The van der Waals surface area contributed by atoms with Crippen molar-refractivity contribution in [1.82, 2.24) is 9.80 Å². The summed E-state index contributed by atoms with van der Waals surface area (Å²) in [7, 11) is 6.34. The molecule has 0 bridgehead atoms. The second kappa shape index (κ2) is 12.0. The molecule has 30 heavy (non-hydrogen) atoms. The summed E-state index contributed by atoms with van der Waals surface area (Å²) in [4.78, 5) is 4.48. The van der Waals surface area contributed by atoms with E-state index < -0.39 is 0 Å². The van der Waals surface area contributed by atoms with Gasteiger partial charge in [0, 0.05) is 25.4 Å². The Labute approximate surface area is 196 Å². The summed E-state index contributed by atoms with van der Waals surface area (Å²) >= 11 is 7.34. The molecule has 0 aliphatic heterocycles. The second-order valence-electron chi connectivity index (χ2n) is 8.28. The SMILES string of the molecule is CN(C)Cc1ccc([C@H]2CC[C@H](N(C)C(=S)SCc3ccc(F)cc3)CC2)cc1.Cl. The van der Waals surface area contributed by atoms with E-state index in [-0.39, 0.29) is 18.2 Å². The van der Waals surface area contributed by atoms with Gasteiger partial charge in [-0.25, -0.2) is 4.39 Å². The van der Waals surface area contributed by atoms with Crippen LogP contribution in [0.25, 0.3) is 0 Å². The van der Waals surface area contributed by atoms with Crippen LogP contribution >= 0.6 is 36.4 Å². The van der Waals surface area contributed by atoms with E-state index in [2.05, 4.69) is 55.2 Å². The first kappa shape index (κ1) is 25.1. The van der Waals surface area contributed by atoms with Gasteiger partial charge in [-0.15, -0.1) is 12.4 Å². The number of nitrogens with zero attached hydrogens (tertiary/aromatic N) is 2. The van der Waals surface area contributed by atoms with Crippen LogP contribution in [0.2, 0.25) is 0 Å². The standard InChI is InChI=1S/C24H31FN2S2.ClH/c1-26(2)16-18-4-8-20(9-5-18)21-10-14-23(15-11-21)27(3)24(28)29-17-19-6-12-22(25)13-7-19;/h4-9,12-13,21,23H,10-11,14-17H2,1-3H3;1H/t21-,23-;. The van der Waals surface area contributed by atoms with Crippen molar-refractivity contribution in [2.75, 3.05) is 21.1 Å². The maximum absolute atomic E-state index is 13.0. The van der Waals surface area contributed by atoms with Gasteiger partial charge in [-0.2, -0.15) is 0 Å². The first-order chi connectivity index (χ1) is 13.9. The lowest BCUT2D eigenvalue weighted by atomic mass is 9.81. The lowest BCUT2D eigenvalue weighted by Crippen LogP contribution is -2.37. The summed E-state index contributed by atoms with van der Waals surface area (Å²) in [5.74, 6) is 1.26. The highest BCUT2D eigenvalue weighted by Crippen LogP contribution is 2.35. The highest BCUT2D eigenvalue weighted by molar-refractivity contribution is 8.22. The van der Waals surface area contributed by atoms with E-state index in [1.807, 2.05) is 12.1 Å². The van der Waals surface area contributed by atoms with Gasteiger partial charge in [0.2, 0.25) is 0 Å². The van der Waals surface area contributed by atoms with Crippen LogP contribution in [-0.2, 0) is 12.3 Å². The summed E-state index contributed by atoms with van der Waals surface area (Å²) in [6, 6.07) is 16.4. The molecule has 0 unspecified atom stereocenters. The lowest BCUT2D eigenvalue weighted by Gasteiger charge is -2.36. The minimum Gasteiger partial charge on any atom is -0.358 e. The molecule has 0 aromatic heterocycles. The monoisotopic (exact) mass is 466 g/mol. The maximum Gasteiger partial charge on any atom is 0.136 e. The van der Waals surface area contributed by atoms with E-state index in [9.17, 15) is 4.39 Å². The molecule has 0 heterocycles. The zero-order chi connectivity index (χ0) is 20.8. The van der Waals surface area contributed by atoms with E-state index in [0.29, 0.717) is 12.0 Å². The summed E-state index contributed by atoms with van der Waals surface area (Å²) in [6.45, 7) is 0.991. The molecule has 0 atom stereocenters. The van der Waals surface area contributed by atoms with E-state index in [0.717, 1.165) is 22.2 Å². The maximum atomic E-state index is 13.0. The van der Waals surface area contributed by atoms with Crippen LogP contribution in [-0.4, -0.2) is 41.3 Å². The molecule has 1 aliphatic rings. The number of thioether (sulfide) groups is 1. The molecule has 2 nitrogen and oxygen atoms in total. The number of thiocarbonyl (C=S) groups is 1. The Morgan fingerprint density at radius 2 is 1.50 bits per heavy atom. The van der Waals surface area contributed by atoms with Gasteiger partial charge in [0.05, 0.1) is 0 Å². The highest BCUT2D eigenvalue weighted by Gasteiger charge is 2.26. The third-order valence-electron chi connectivity index (χ3n) is 5.76. The Kier molecular flexibility index (Phi) is 10.1. The van der Waals surface area contributed by atoms with Gasteiger partial charge in [0.15, 0.2) is 0 Å². The van der Waals surface area contributed by atoms with Crippen molar-refractivity contribution in [2.24, 2.45) is 0 Å². The molecule has 6 heteroatoms. The van der Waals surface area contributed by atoms with Crippen molar-refractivity contribution in [1.29, 1.82) is 0 Å². The third kappa shape index (κ3) is 7.23. The Morgan fingerprint density at radius 3 is 2.07 bits per heavy atom. The quantitative estimate of drug-likeness (QED) is 0.449. The second-order valence-corrected chi connectivity index (χ2v) is 9.89. The molecule has 0 spiro atoms. The molecule has 1 saturated carbocycles. The van der Waals surface area contributed by atoms with E-state index >= 15 is 0 Å². The smallest absolute Gasteiger partial charge is 0.136 e. The molecular formula is C24H32ClFN2S2. The Morgan fingerprint density at radius 1 is 0.933 bits per heavy atom. The largest absolute Gasteiger partial charge is 0.358 e. The van der Waals surface area contributed by atoms with Crippen molar-refractivity contribution in [3.05, 3.63) is 71.0 Å². The summed E-state index contributed by atoms with van der Waals surface area (Å²) in [5, 5.41) is 0. The van der Waals surface area contributed by atoms with Crippen LogP contribution in [0.4, 0.5) is 4.39 Å². The lowest BCUT2D eigenvalue weighted by molar-refractivity contribution is 0.267. The number of benzene rings is 2. The van der Waals surface area contributed by atoms with Crippen LogP contribution in [0.5, 0.6) is 0 Å². The predicted molar refractivity (Wildman–Crippen MR) is 134 cm³/mol. The Bertz CT molecular complexity index is 788. The van der Waals surface area contributed by atoms with Crippen LogP contribution in [0.1, 0.15) is 48.3 Å². The normalized spacial score (nSPS) is 18.7. The van der Waals surface area contributed by atoms with Crippen molar-refractivity contribution in [3.8, 4) is 0 Å². The van der Waals surface area contributed by atoms with Gasteiger partial charge in [-0.3, -0.25) is 0 Å². The zero-order valence-electron chi connectivity index (χ0n) is 18.0. The molecule has 1 fully saturated rings. The van der Waals surface area contributed by atoms with E-state index in [4.69, 9.17) is 12.2 Å². The van der Waals surface area contributed by atoms with Gasteiger partial charge in [0.25, 0.3) is 0 Å². The van der Waals surface area contributed by atoms with Crippen LogP contribution in [0, 0.1) is 5.82 Å². The first-order valence-corrected chi connectivity index (χ1v) is 11.7. The minimum atomic E-state index is -0.192. The van der Waals surface area contributed by atoms with E-state index in [1.54, 1.807) is 11.8 Å². The minimum absolute atomic E-state index is 0. The molecule has 0 amide bonds. The topological polar surface area (TPSA) is 6.48 Å². The van der Waals surface area contributed by atoms with Crippen LogP contribution < -0.4 is 0 Å². The fourth-order valence-electron chi connectivity index (χ4n) is 4.03. The first-order valence-electron chi connectivity index (χ1n) is 10.3. The molecular weight excluding hydrogens is 435 g/mol. The van der Waals surface area contributed by atoms with E-state index in [1.165, 1.54) is 48.9 Å². The molecule has 0 saturated heterocycles. The predicted octanol–water partition coefficient (Wildman–Crippen LogP) is 6.49. The summed E-state index contributed by atoms with van der Waals surface area (Å²) in [6.07, 6.45) is 4.79. The van der Waals surface area contributed by atoms with Crippen LogP contribution in [0.15, 0.2) is 48.5 Å².